The van der Waals surface area contributed by atoms with Gasteiger partial charge in [0.2, 0.25) is 0 Å². The summed E-state index contributed by atoms with van der Waals surface area (Å²) in [5.41, 5.74) is 1.31. The number of anilines is 1. The highest BCUT2D eigenvalue weighted by molar-refractivity contribution is 7.18. The van der Waals surface area contributed by atoms with Crippen molar-refractivity contribution in [3.05, 3.63) is 16.8 Å². The molecule has 1 N–H and O–H groups in total. The first-order valence-electron chi connectivity index (χ1n) is 8.32. The van der Waals surface area contributed by atoms with Crippen LogP contribution in [0.1, 0.15) is 36.6 Å². The van der Waals surface area contributed by atoms with E-state index in [0.29, 0.717) is 0 Å². The van der Waals surface area contributed by atoms with Gasteiger partial charge < -0.3 is 10.2 Å². The van der Waals surface area contributed by atoms with Crippen LogP contribution in [0.25, 0.3) is 10.2 Å². The van der Waals surface area contributed by atoms with E-state index in [-0.39, 0.29) is 0 Å². The molecule has 1 saturated heterocycles. The standard InChI is InChI=1S/C17H26N4S/c1-12-5-9-21(10-6-12)8-4-7-18-16-15-13(2)14(3)22-17(15)20-11-19-16/h11-12H,4-10H2,1-3H3,(H,18,19,20). The van der Waals surface area contributed by atoms with Crippen molar-refractivity contribution in [1.29, 1.82) is 0 Å². The van der Waals surface area contributed by atoms with Crippen molar-refractivity contribution in [2.75, 3.05) is 31.5 Å². The largest absolute Gasteiger partial charge is 0.369 e. The van der Waals surface area contributed by atoms with Crippen LogP contribution in [0.5, 0.6) is 0 Å². The van der Waals surface area contributed by atoms with E-state index >= 15 is 0 Å². The third-order valence-electron chi connectivity index (χ3n) is 4.79. The molecule has 120 valence electrons. The van der Waals surface area contributed by atoms with Crippen molar-refractivity contribution in [1.82, 2.24) is 14.9 Å². The molecule has 4 nitrogen and oxygen atoms in total. The smallest absolute Gasteiger partial charge is 0.138 e. The third-order valence-corrected chi connectivity index (χ3v) is 5.90. The SMILES string of the molecule is Cc1sc2ncnc(NCCCN3CCC(C)CC3)c2c1C. The lowest BCUT2D eigenvalue weighted by molar-refractivity contribution is 0.192. The number of aryl methyl sites for hydroxylation is 2. The lowest BCUT2D eigenvalue weighted by Crippen LogP contribution is -2.34. The maximum absolute atomic E-state index is 4.45. The molecule has 22 heavy (non-hydrogen) atoms. The second kappa shape index (κ2) is 6.92. The summed E-state index contributed by atoms with van der Waals surface area (Å²) in [6.45, 7) is 11.4. The zero-order chi connectivity index (χ0) is 15.5. The molecule has 0 amide bonds. The van der Waals surface area contributed by atoms with Crippen molar-refractivity contribution < 1.29 is 0 Å². The molecule has 1 fully saturated rings. The topological polar surface area (TPSA) is 41.1 Å². The molecule has 3 heterocycles. The molecule has 1 aliphatic heterocycles. The molecule has 0 spiro atoms. The normalized spacial score (nSPS) is 17.2. The molecule has 2 aromatic rings. The van der Waals surface area contributed by atoms with E-state index in [4.69, 9.17) is 0 Å². The molecule has 0 unspecified atom stereocenters. The number of aromatic nitrogens is 2. The van der Waals surface area contributed by atoms with Gasteiger partial charge >= 0.3 is 0 Å². The summed E-state index contributed by atoms with van der Waals surface area (Å²) in [6, 6.07) is 0. The molecule has 3 rings (SSSR count). The highest BCUT2D eigenvalue weighted by atomic mass is 32.1. The molecule has 0 saturated carbocycles. The number of thiophene rings is 1. The van der Waals surface area contributed by atoms with Crippen LogP contribution in [0, 0.1) is 19.8 Å². The summed E-state index contributed by atoms with van der Waals surface area (Å²) in [4.78, 5) is 13.9. The van der Waals surface area contributed by atoms with E-state index in [9.17, 15) is 0 Å². The van der Waals surface area contributed by atoms with E-state index in [0.717, 1.165) is 23.1 Å². The Hall–Kier alpha value is -1.20. The predicted molar refractivity (Wildman–Crippen MR) is 94.8 cm³/mol. The lowest BCUT2D eigenvalue weighted by atomic mass is 9.99. The predicted octanol–water partition coefficient (Wildman–Crippen LogP) is 3.84. The van der Waals surface area contributed by atoms with E-state index < -0.39 is 0 Å². The highest BCUT2D eigenvalue weighted by Crippen LogP contribution is 2.32. The Balaban J connectivity index is 1.54. The molecule has 0 bridgehead atoms. The number of hydrogen-bond acceptors (Lipinski definition) is 5. The molecule has 0 aromatic carbocycles. The van der Waals surface area contributed by atoms with Gasteiger partial charge in [0, 0.05) is 11.4 Å². The van der Waals surface area contributed by atoms with E-state index in [1.165, 1.54) is 54.7 Å². The van der Waals surface area contributed by atoms with Gasteiger partial charge in [0.05, 0.1) is 5.39 Å². The Morgan fingerprint density at radius 1 is 1.27 bits per heavy atom. The van der Waals surface area contributed by atoms with Gasteiger partial charge in [-0.3, -0.25) is 0 Å². The molecule has 2 aromatic heterocycles. The van der Waals surface area contributed by atoms with Crippen molar-refractivity contribution in [3.63, 3.8) is 0 Å². The highest BCUT2D eigenvalue weighted by Gasteiger charge is 2.15. The van der Waals surface area contributed by atoms with Crippen LogP contribution in [-0.4, -0.2) is 41.0 Å². The van der Waals surface area contributed by atoms with Crippen LogP contribution >= 0.6 is 11.3 Å². The first-order valence-corrected chi connectivity index (χ1v) is 9.13. The van der Waals surface area contributed by atoms with Gasteiger partial charge in [-0.15, -0.1) is 11.3 Å². The van der Waals surface area contributed by atoms with Crippen molar-refractivity contribution in [3.8, 4) is 0 Å². The number of piperidine rings is 1. The van der Waals surface area contributed by atoms with E-state index in [1.54, 1.807) is 17.7 Å². The minimum atomic E-state index is 0.911. The summed E-state index contributed by atoms with van der Waals surface area (Å²) in [5.74, 6) is 1.91. The van der Waals surface area contributed by atoms with Crippen LogP contribution in [0.3, 0.4) is 0 Å². The average Bonchev–Trinajstić information content (AvgIpc) is 2.81. The fraction of sp³-hybridized carbons (Fsp3) is 0.647. The number of nitrogens with one attached hydrogen (secondary N) is 1. The van der Waals surface area contributed by atoms with Crippen molar-refractivity contribution in [2.24, 2.45) is 5.92 Å². The molecule has 1 aliphatic rings. The summed E-state index contributed by atoms with van der Waals surface area (Å²) in [6.07, 6.45) is 5.55. The first-order chi connectivity index (χ1) is 10.6. The second-order valence-electron chi connectivity index (χ2n) is 6.49. The number of rotatable bonds is 5. The Morgan fingerprint density at radius 3 is 2.82 bits per heavy atom. The zero-order valence-electron chi connectivity index (χ0n) is 13.9. The van der Waals surface area contributed by atoms with Crippen LogP contribution < -0.4 is 5.32 Å². The Morgan fingerprint density at radius 2 is 2.05 bits per heavy atom. The Labute approximate surface area is 137 Å². The average molecular weight is 318 g/mol. The zero-order valence-corrected chi connectivity index (χ0v) is 14.7. The molecule has 0 atom stereocenters. The number of likely N-dealkylation sites (tertiary alicyclic amines) is 1. The van der Waals surface area contributed by atoms with Crippen molar-refractivity contribution >= 4 is 27.4 Å². The molecular weight excluding hydrogens is 292 g/mol. The van der Waals surface area contributed by atoms with Gasteiger partial charge in [-0.1, -0.05) is 6.92 Å². The number of fused-ring (bicyclic) bond motifs is 1. The molecule has 0 aliphatic carbocycles. The molecule has 5 heteroatoms. The van der Waals surface area contributed by atoms with E-state index in [2.05, 4.69) is 41.0 Å². The van der Waals surface area contributed by atoms with Gasteiger partial charge in [-0.2, -0.15) is 0 Å². The second-order valence-corrected chi connectivity index (χ2v) is 7.69. The number of nitrogens with zero attached hydrogens (tertiary/aromatic N) is 3. The quantitative estimate of drug-likeness (QED) is 0.850. The Kier molecular flexibility index (Phi) is 4.93. The van der Waals surface area contributed by atoms with Crippen LogP contribution in [0.15, 0.2) is 6.33 Å². The van der Waals surface area contributed by atoms with Gasteiger partial charge in [-0.25, -0.2) is 9.97 Å². The lowest BCUT2D eigenvalue weighted by Gasteiger charge is -2.30. The fourth-order valence-corrected chi connectivity index (χ4v) is 4.11. The van der Waals surface area contributed by atoms with E-state index in [1.807, 2.05) is 0 Å². The van der Waals surface area contributed by atoms with Crippen molar-refractivity contribution in [2.45, 2.75) is 40.0 Å². The summed E-state index contributed by atoms with van der Waals surface area (Å²) < 4.78 is 0. The maximum atomic E-state index is 4.45. The minimum Gasteiger partial charge on any atom is -0.369 e. The minimum absolute atomic E-state index is 0.911. The summed E-state index contributed by atoms with van der Waals surface area (Å²) in [5, 5.41) is 4.72. The molecular formula is C17H26N4S. The first kappa shape index (κ1) is 15.7. The number of hydrogen-bond donors (Lipinski definition) is 1. The van der Waals surface area contributed by atoms with Crippen LogP contribution in [-0.2, 0) is 0 Å². The van der Waals surface area contributed by atoms with Gasteiger partial charge in [0.1, 0.15) is 17.0 Å². The van der Waals surface area contributed by atoms with Crippen LogP contribution in [0.4, 0.5) is 5.82 Å². The van der Waals surface area contributed by atoms with Crippen LogP contribution in [0.2, 0.25) is 0 Å². The summed E-state index contributed by atoms with van der Waals surface area (Å²) >= 11 is 1.76. The van der Waals surface area contributed by atoms with Gasteiger partial charge in [-0.05, 0) is 64.2 Å². The fourth-order valence-electron chi connectivity index (χ4n) is 3.11. The third kappa shape index (κ3) is 3.41. The van der Waals surface area contributed by atoms with Gasteiger partial charge in [0.25, 0.3) is 0 Å². The van der Waals surface area contributed by atoms with Gasteiger partial charge in [0.15, 0.2) is 0 Å². The molecule has 0 radical (unpaired) electrons. The summed E-state index contributed by atoms with van der Waals surface area (Å²) in [7, 11) is 0. The Bertz CT molecular complexity index is 629. The maximum Gasteiger partial charge on any atom is 0.138 e. The monoisotopic (exact) mass is 318 g/mol.